The molecule has 0 atom stereocenters. The fourth-order valence-corrected chi connectivity index (χ4v) is 25.7. The van der Waals surface area contributed by atoms with E-state index < -0.39 is 16.1 Å². The molecule has 4 aliphatic heterocycles. The summed E-state index contributed by atoms with van der Waals surface area (Å²) in [6.45, 7) is 32.3. The van der Waals surface area contributed by atoms with Gasteiger partial charge >= 0.3 is 0 Å². The van der Waals surface area contributed by atoms with Crippen molar-refractivity contribution in [3.05, 3.63) is 186 Å². The molecule has 0 saturated carbocycles. The molecule has 5 nitrogen and oxygen atoms in total. The first-order valence-electron chi connectivity index (χ1n) is 30.0. The Balaban J connectivity index is 0.00000631. The van der Waals surface area contributed by atoms with E-state index in [2.05, 4.69) is 243 Å². The summed E-state index contributed by atoms with van der Waals surface area (Å²) in [4.78, 5) is 4.93. The predicted octanol–water partition coefficient (Wildman–Crippen LogP) is 17.5. The minimum absolute atomic E-state index is 0. The summed E-state index contributed by atoms with van der Waals surface area (Å²) in [5.41, 5.74) is 19.2. The molecule has 10 aromatic rings. The smallest absolute Gasteiger partial charge is 0.268 e. The van der Waals surface area contributed by atoms with E-state index in [1.807, 2.05) is 18.3 Å². The number of hydrogen-bond donors (Lipinski definition) is 0. The number of nitrogens with zero attached hydrogens (tertiary/aromatic N) is 4. The first-order chi connectivity index (χ1) is 38.4. The Morgan fingerprint density at radius 2 is 1.06 bits per heavy atom. The van der Waals surface area contributed by atoms with Gasteiger partial charge in [-0.3, -0.25) is 4.57 Å². The van der Waals surface area contributed by atoms with Crippen LogP contribution in [0.25, 0.3) is 72.3 Å². The molecule has 0 radical (unpaired) electrons. The van der Waals surface area contributed by atoms with E-state index in [0.717, 1.165) is 44.3 Å². The Hall–Kier alpha value is -6.12. The van der Waals surface area contributed by atoms with Crippen molar-refractivity contribution in [1.29, 1.82) is 0 Å². The second-order valence-corrected chi connectivity index (χ2v) is 38.3. The predicted molar refractivity (Wildman–Crippen MR) is 342 cm³/mol. The van der Waals surface area contributed by atoms with Crippen LogP contribution >= 0.6 is 0 Å². The van der Waals surface area contributed by atoms with Crippen molar-refractivity contribution in [3.8, 4) is 50.9 Å². The van der Waals surface area contributed by atoms with Crippen LogP contribution < -0.4 is 19.7 Å². The number of imidazole rings is 1. The summed E-state index contributed by atoms with van der Waals surface area (Å²) in [6, 6.07) is 62.8. The summed E-state index contributed by atoms with van der Waals surface area (Å²) < 4.78 is 13.6. The van der Waals surface area contributed by atoms with E-state index in [4.69, 9.17) is 9.72 Å². The minimum atomic E-state index is -1.67. The van der Waals surface area contributed by atoms with Gasteiger partial charge in [-0.1, -0.05) is 214 Å². The van der Waals surface area contributed by atoms with Crippen LogP contribution in [0, 0.1) is 18.5 Å². The Labute approximate surface area is 503 Å². The van der Waals surface area contributed by atoms with E-state index in [9.17, 15) is 0 Å². The van der Waals surface area contributed by atoms with Crippen LogP contribution in [-0.2, 0) is 48.1 Å². The number of aromatic nitrogens is 4. The van der Waals surface area contributed by atoms with E-state index in [-0.39, 0.29) is 48.1 Å². The summed E-state index contributed by atoms with van der Waals surface area (Å²) in [5, 5.41) is 5.77. The van der Waals surface area contributed by atoms with Gasteiger partial charge < -0.3 is 13.9 Å². The fourth-order valence-electron chi connectivity index (χ4n) is 15.3. The van der Waals surface area contributed by atoms with Gasteiger partial charge in [0.15, 0.2) is 0 Å². The van der Waals surface area contributed by atoms with Gasteiger partial charge in [0.25, 0.3) is 6.33 Å². The van der Waals surface area contributed by atoms with Crippen LogP contribution in [0.4, 0.5) is 0 Å². The second-order valence-electron chi connectivity index (χ2n) is 29.1. The van der Waals surface area contributed by atoms with E-state index in [0.29, 0.717) is 11.5 Å². The van der Waals surface area contributed by atoms with Crippen LogP contribution in [0.15, 0.2) is 140 Å². The Bertz CT molecular complexity index is 4060. The van der Waals surface area contributed by atoms with E-state index in [1.165, 1.54) is 83.4 Å². The zero-order chi connectivity index (χ0) is 56.4. The Morgan fingerprint density at radius 1 is 0.549 bits per heavy atom. The van der Waals surface area contributed by atoms with Crippen LogP contribution in [0.1, 0.15) is 130 Å². The third-order valence-corrected chi connectivity index (χ3v) is 29.6. The van der Waals surface area contributed by atoms with Gasteiger partial charge in [0.2, 0.25) is 0 Å². The molecule has 0 bridgehead atoms. The number of rotatable bonds is 7. The van der Waals surface area contributed by atoms with Crippen LogP contribution in [0.5, 0.6) is 11.5 Å². The largest absolute Gasteiger partial charge is 0.510 e. The Kier molecular flexibility index (Phi) is 12.7. The maximum Gasteiger partial charge on any atom is 0.268 e. The normalized spacial score (nSPS) is 18.6. The number of hydrogen-bond acceptors (Lipinski definition) is 2. The van der Waals surface area contributed by atoms with Gasteiger partial charge in [-0.05, 0) is 132 Å². The average molecular weight is 1290 g/mol. The Morgan fingerprint density at radius 3 is 1.62 bits per heavy atom. The van der Waals surface area contributed by atoms with Crippen LogP contribution in [0.3, 0.4) is 0 Å². The molecule has 4 aliphatic rings. The van der Waals surface area contributed by atoms with Gasteiger partial charge in [-0.2, -0.15) is 18.2 Å². The van der Waals surface area contributed by atoms with Gasteiger partial charge in [-0.25, -0.2) is 4.98 Å². The molecule has 420 valence electrons. The zero-order valence-electron chi connectivity index (χ0n) is 50.4. The summed E-state index contributed by atoms with van der Waals surface area (Å²) in [6.07, 6.45) is 11.0. The zero-order valence-corrected chi connectivity index (χ0v) is 54.7. The van der Waals surface area contributed by atoms with Crippen molar-refractivity contribution in [2.45, 2.75) is 166 Å². The van der Waals surface area contributed by atoms with Crippen molar-refractivity contribution < 1.29 is 30.4 Å². The molecule has 0 aliphatic carbocycles. The maximum atomic E-state index is 6.84. The SMILES string of the molecule is CC(C)(C)c1ccnc(-n2c3[c-]c(Oc4[c-]c(-n5[c-][n+](-c6c(-c7cc8c9c(c7)C(C)(C)CC[Si]9(C)CCC8(C)C)cccc6-c6cc7c8c(c6)C(C)(C)CC[Si]8(C)CCC7(C)C)c6ccccc65)ccc4)ccc3c3ccccc32)c1.[Pt]. The fraction of sp³-hybridized carbons (Fsp3) is 0.351. The second kappa shape index (κ2) is 18.9. The van der Waals surface area contributed by atoms with E-state index in [1.54, 1.807) is 32.6 Å². The van der Waals surface area contributed by atoms with Crippen molar-refractivity contribution in [1.82, 2.24) is 14.1 Å². The van der Waals surface area contributed by atoms with Crippen molar-refractivity contribution in [2.75, 3.05) is 0 Å². The maximum absolute atomic E-state index is 6.84. The van der Waals surface area contributed by atoms with Crippen molar-refractivity contribution in [2.24, 2.45) is 0 Å². The number of pyridine rings is 1. The molecule has 0 spiro atoms. The van der Waals surface area contributed by atoms with Crippen molar-refractivity contribution >= 4 is 59.4 Å². The molecule has 7 heterocycles. The molecule has 7 aromatic carbocycles. The third kappa shape index (κ3) is 8.66. The van der Waals surface area contributed by atoms with Gasteiger partial charge in [-0.15, -0.1) is 29.7 Å². The monoisotopic (exact) mass is 1290 g/mol. The summed E-state index contributed by atoms with van der Waals surface area (Å²) in [7, 11) is -3.33. The number of ether oxygens (including phenoxy) is 1. The van der Waals surface area contributed by atoms with Gasteiger partial charge in [0, 0.05) is 44.3 Å². The van der Waals surface area contributed by atoms with Gasteiger partial charge in [0.05, 0.1) is 32.9 Å². The molecule has 14 rings (SSSR count). The quantitative estimate of drug-likeness (QED) is 0.0906. The minimum Gasteiger partial charge on any atom is -0.510 e. The first-order valence-corrected chi connectivity index (χ1v) is 35.9. The summed E-state index contributed by atoms with van der Waals surface area (Å²) in [5.74, 6) is 2.07. The summed E-state index contributed by atoms with van der Waals surface area (Å²) >= 11 is 0. The van der Waals surface area contributed by atoms with Crippen LogP contribution in [0.2, 0.25) is 37.3 Å². The number of benzene rings is 7. The third-order valence-electron chi connectivity index (χ3n) is 20.7. The van der Waals surface area contributed by atoms with Gasteiger partial charge in [0.1, 0.15) is 5.82 Å². The van der Waals surface area contributed by atoms with Crippen LogP contribution in [-0.4, -0.2) is 30.3 Å². The molecule has 82 heavy (non-hydrogen) atoms. The topological polar surface area (TPSA) is 35.9 Å². The molecule has 3 aromatic heterocycles. The number of fused-ring (bicyclic) bond motifs is 4. The molecule has 0 amide bonds. The molecular formula is C74H78N4OPtSi2-2. The standard InChI is InChI=1S/C74H78N4OSi2.Pt/c1-70(2,3)50-30-35-75-66(44-50)78-62-25-15-14-22-56(62)57-29-28-53(46-65(57)78)79-52-21-18-20-51(45-52)76-47-77(64-27-17-16-26-63(64)76)67-54(48-40-58-68-59(41-48)72(6,7)32-37-80(68,12)36-31-71(58,4)5)23-19-24-55(67)49-42-60-69-61(43-49)74(10,11)34-39-81(69,13)38-33-73(60,8)9;/h14-30,35,40-44H,31-34,36-39H2,1-13H3;/q-2;. The molecule has 0 unspecified atom stereocenters. The molecule has 8 heteroatoms. The molecular weight excluding hydrogens is 1210 g/mol. The van der Waals surface area contributed by atoms with Crippen molar-refractivity contribution in [3.63, 3.8) is 0 Å². The molecule has 0 saturated heterocycles. The molecule has 0 fully saturated rings. The average Bonchev–Trinajstić information content (AvgIpc) is 2.79. The number of para-hydroxylation sites is 4. The van der Waals surface area contributed by atoms with E-state index >= 15 is 0 Å². The molecule has 0 N–H and O–H groups in total. The first kappa shape index (κ1) is 55.1.